The van der Waals surface area contributed by atoms with Crippen LogP contribution in [0.1, 0.15) is 5.56 Å². The van der Waals surface area contributed by atoms with Crippen LogP contribution in [0.5, 0.6) is 0 Å². The molecule has 3 rings (SSSR count). The summed E-state index contributed by atoms with van der Waals surface area (Å²) < 4.78 is 51.7. The highest BCUT2D eigenvalue weighted by molar-refractivity contribution is 7.92. The monoisotopic (exact) mass is 452 g/mol. The lowest BCUT2D eigenvalue weighted by atomic mass is 10.2. The minimum absolute atomic E-state index is 0.209. The van der Waals surface area contributed by atoms with E-state index in [0.29, 0.717) is 11.4 Å². The number of carbonyl (C=O) groups is 1. The van der Waals surface area contributed by atoms with Gasteiger partial charge in [0.2, 0.25) is 20.0 Å². The van der Waals surface area contributed by atoms with Crippen LogP contribution in [0.2, 0.25) is 0 Å². The van der Waals surface area contributed by atoms with Crippen LogP contribution in [-0.2, 0) is 20.0 Å². The zero-order chi connectivity index (χ0) is 21.9. The van der Waals surface area contributed by atoms with Gasteiger partial charge in [-0.15, -0.1) is 0 Å². The number of amides is 2. The molecule has 1 aliphatic heterocycles. The van der Waals surface area contributed by atoms with Gasteiger partial charge in [0.25, 0.3) is 0 Å². The van der Waals surface area contributed by atoms with E-state index in [9.17, 15) is 21.6 Å². The van der Waals surface area contributed by atoms with Gasteiger partial charge < -0.3 is 10.2 Å². The van der Waals surface area contributed by atoms with Crippen LogP contribution in [0.25, 0.3) is 0 Å². The summed E-state index contributed by atoms with van der Waals surface area (Å²) in [7, 11) is -6.96. The number of nitrogens with zero attached hydrogens (tertiary/aromatic N) is 2. The molecule has 1 saturated heterocycles. The first-order valence-corrected chi connectivity index (χ1v) is 12.6. The molecule has 11 heteroatoms. The number of sulfonamides is 2. The second-order valence-corrected chi connectivity index (χ2v) is 10.8. The molecule has 30 heavy (non-hydrogen) atoms. The van der Waals surface area contributed by atoms with E-state index in [1.54, 1.807) is 53.4 Å². The number of piperazine rings is 1. The van der Waals surface area contributed by atoms with Crippen molar-refractivity contribution in [1.29, 1.82) is 0 Å². The van der Waals surface area contributed by atoms with Crippen LogP contribution in [0, 0.1) is 6.92 Å². The highest BCUT2D eigenvalue weighted by atomic mass is 32.2. The van der Waals surface area contributed by atoms with E-state index in [1.165, 1.54) is 4.31 Å². The summed E-state index contributed by atoms with van der Waals surface area (Å²) in [5.41, 5.74) is 1.88. The zero-order valence-corrected chi connectivity index (χ0v) is 18.3. The Kier molecular flexibility index (Phi) is 6.34. The molecule has 0 atom stereocenters. The highest BCUT2D eigenvalue weighted by Crippen LogP contribution is 2.19. The number of rotatable bonds is 5. The fourth-order valence-electron chi connectivity index (χ4n) is 3.03. The van der Waals surface area contributed by atoms with Crippen molar-refractivity contribution in [1.82, 2.24) is 9.21 Å². The molecular weight excluding hydrogens is 428 g/mol. The molecule has 1 aliphatic rings. The second kappa shape index (κ2) is 8.62. The van der Waals surface area contributed by atoms with E-state index in [2.05, 4.69) is 10.0 Å². The molecule has 2 N–H and O–H groups in total. The van der Waals surface area contributed by atoms with Gasteiger partial charge in [-0.25, -0.2) is 21.6 Å². The molecule has 0 aromatic heterocycles. The largest absolute Gasteiger partial charge is 0.322 e. The predicted molar refractivity (Wildman–Crippen MR) is 115 cm³/mol. The summed E-state index contributed by atoms with van der Waals surface area (Å²) >= 11 is 0. The van der Waals surface area contributed by atoms with Gasteiger partial charge in [-0.3, -0.25) is 4.72 Å². The Morgan fingerprint density at radius 3 is 1.90 bits per heavy atom. The summed E-state index contributed by atoms with van der Waals surface area (Å²) in [6.07, 6.45) is 1.06. The lowest BCUT2D eigenvalue weighted by molar-refractivity contribution is 0.184. The fourth-order valence-corrected chi connectivity index (χ4v) is 5.02. The minimum Gasteiger partial charge on any atom is -0.322 e. The van der Waals surface area contributed by atoms with Crippen molar-refractivity contribution in [3.05, 3.63) is 54.1 Å². The van der Waals surface area contributed by atoms with E-state index < -0.39 is 20.0 Å². The molecule has 9 nitrogen and oxygen atoms in total. The molecule has 2 aromatic rings. The van der Waals surface area contributed by atoms with Gasteiger partial charge in [0.15, 0.2) is 0 Å². The summed E-state index contributed by atoms with van der Waals surface area (Å²) in [6, 6.07) is 12.6. The number of anilines is 2. The van der Waals surface area contributed by atoms with Crippen LogP contribution in [0.4, 0.5) is 16.2 Å². The van der Waals surface area contributed by atoms with E-state index in [0.717, 1.165) is 11.8 Å². The van der Waals surface area contributed by atoms with Crippen molar-refractivity contribution >= 4 is 37.5 Å². The number of nitrogens with one attached hydrogen (secondary N) is 2. The van der Waals surface area contributed by atoms with Crippen molar-refractivity contribution in [3.63, 3.8) is 0 Å². The molecular formula is C19H24N4O5S2. The quantitative estimate of drug-likeness (QED) is 0.719. The Balaban J connectivity index is 1.57. The number of urea groups is 1. The summed E-state index contributed by atoms with van der Waals surface area (Å²) in [4.78, 5) is 14.3. The van der Waals surface area contributed by atoms with Gasteiger partial charge in [-0.1, -0.05) is 17.7 Å². The lowest BCUT2D eigenvalue weighted by Crippen LogP contribution is -2.51. The first kappa shape index (κ1) is 22.1. The standard InChI is InChI=1S/C19H24N4O5S2/c1-15-3-9-18(10-4-15)30(27,28)23-13-11-22(12-14-23)19(24)20-16-5-7-17(8-6-16)21-29(2,25)26/h3-10,21H,11-14H2,1-2H3,(H,20,24). The molecule has 2 amide bonds. The summed E-state index contributed by atoms with van der Waals surface area (Å²) in [6.45, 7) is 2.85. The number of hydrogen-bond donors (Lipinski definition) is 2. The lowest BCUT2D eigenvalue weighted by Gasteiger charge is -2.34. The number of carbonyl (C=O) groups excluding carboxylic acids is 1. The average Bonchev–Trinajstić information content (AvgIpc) is 2.69. The Morgan fingerprint density at radius 2 is 1.37 bits per heavy atom. The van der Waals surface area contributed by atoms with Crippen LogP contribution >= 0.6 is 0 Å². The average molecular weight is 453 g/mol. The van der Waals surface area contributed by atoms with Gasteiger partial charge >= 0.3 is 6.03 Å². The molecule has 0 saturated carbocycles. The Bertz CT molecular complexity index is 1110. The third kappa shape index (κ3) is 5.49. The Hall–Kier alpha value is -2.63. The molecule has 0 bridgehead atoms. The topological polar surface area (TPSA) is 116 Å². The fraction of sp³-hybridized carbons (Fsp3) is 0.316. The van der Waals surface area contributed by atoms with Gasteiger partial charge in [-0.05, 0) is 43.3 Å². The maximum absolute atomic E-state index is 12.8. The van der Waals surface area contributed by atoms with Gasteiger partial charge in [0, 0.05) is 37.6 Å². The van der Waals surface area contributed by atoms with Crippen molar-refractivity contribution in [3.8, 4) is 0 Å². The van der Waals surface area contributed by atoms with E-state index in [1.807, 2.05) is 6.92 Å². The highest BCUT2D eigenvalue weighted by Gasteiger charge is 2.30. The molecule has 0 spiro atoms. The van der Waals surface area contributed by atoms with Crippen LogP contribution < -0.4 is 10.0 Å². The second-order valence-electron chi connectivity index (χ2n) is 7.09. The first-order valence-electron chi connectivity index (χ1n) is 9.25. The van der Waals surface area contributed by atoms with E-state index in [-0.39, 0.29) is 37.1 Å². The van der Waals surface area contributed by atoms with Crippen molar-refractivity contribution < 1.29 is 21.6 Å². The maximum Gasteiger partial charge on any atom is 0.321 e. The maximum atomic E-state index is 12.8. The SMILES string of the molecule is Cc1ccc(S(=O)(=O)N2CCN(C(=O)Nc3ccc(NS(C)(=O)=O)cc3)CC2)cc1. The van der Waals surface area contributed by atoms with Crippen LogP contribution in [0.3, 0.4) is 0 Å². The molecule has 2 aromatic carbocycles. The van der Waals surface area contributed by atoms with Crippen molar-refractivity contribution in [2.45, 2.75) is 11.8 Å². The first-order chi connectivity index (χ1) is 14.0. The molecule has 1 fully saturated rings. The third-order valence-electron chi connectivity index (χ3n) is 4.62. The van der Waals surface area contributed by atoms with Crippen molar-refractivity contribution in [2.24, 2.45) is 0 Å². The normalized spacial score (nSPS) is 15.6. The van der Waals surface area contributed by atoms with Crippen LogP contribution in [0.15, 0.2) is 53.4 Å². The molecule has 162 valence electrons. The van der Waals surface area contributed by atoms with Gasteiger partial charge in [0.05, 0.1) is 11.2 Å². The number of hydrogen-bond acceptors (Lipinski definition) is 5. The zero-order valence-electron chi connectivity index (χ0n) is 16.7. The molecule has 0 aliphatic carbocycles. The molecule has 1 heterocycles. The number of benzene rings is 2. The smallest absolute Gasteiger partial charge is 0.321 e. The molecule has 0 radical (unpaired) electrons. The summed E-state index contributed by atoms with van der Waals surface area (Å²) in [5.74, 6) is 0. The minimum atomic E-state index is -3.59. The van der Waals surface area contributed by atoms with Gasteiger partial charge in [0.1, 0.15) is 0 Å². The van der Waals surface area contributed by atoms with Crippen LogP contribution in [-0.4, -0.2) is 64.5 Å². The van der Waals surface area contributed by atoms with E-state index >= 15 is 0 Å². The molecule has 0 unspecified atom stereocenters. The number of aryl methyl sites for hydroxylation is 1. The van der Waals surface area contributed by atoms with Crippen molar-refractivity contribution in [2.75, 3.05) is 42.5 Å². The van der Waals surface area contributed by atoms with Gasteiger partial charge in [-0.2, -0.15) is 4.31 Å². The predicted octanol–water partition coefficient (Wildman–Crippen LogP) is 1.90. The van der Waals surface area contributed by atoms with E-state index in [4.69, 9.17) is 0 Å². The Morgan fingerprint density at radius 1 is 0.833 bits per heavy atom. The third-order valence-corrected chi connectivity index (χ3v) is 7.14. The Labute approximate surface area is 176 Å². The summed E-state index contributed by atoms with van der Waals surface area (Å²) in [5, 5.41) is 2.73.